The van der Waals surface area contributed by atoms with Gasteiger partial charge in [-0.2, -0.15) is 0 Å². The number of nitrogens with one attached hydrogen (secondary N) is 1. The van der Waals surface area contributed by atoms with Gasteiger partial charge in [0.1, 0.15) is 0 Å². The van der Waals surface area contributed by atoms with E-state index >= 15 is 0 Å². The van der Waals surface area contributed by atoms with Crippen LogP contribution in [0, 0.1) is 12.8 Å². The summed E-state index contributed by atoms with van der Waals surface area (Å²) in [5, 5.41) is 3.69. The fraction of sp³-hybridized carbons (Fsp3) is 0.812. The maximum Gasteiger partial charge on any atom is 0.203 e. The van der Waals surface area contributed by atoms with Crippen LogP contribution in [0.15, 0.2) is 6.20 Å². The molecule has 3 nitrogen and oxygen atoms in total. The first-order valence-electron chi connectivity index (χ1n) is 8.08. The second kappa shape index (κ2) is 5.56. The van der Waals surface area contributed by atoms with Crippen molar-refractivity contribution in [3.63, 3.8) is 0 Å². The molecule has 1 N–H and O–H groups in total. The second-order valence-corrected chi connectivity index (χ2v) is 6.48. The van der Waals surface area contributed by atoms with Crippen LogP contribution in [0.1, 0.15) is 70.0 Å². The molecule has 1 heterocycles. The Kier molecular flexibility index (Phi) is 3.81. The van der Waals surface area contributed by atoms with E-state index in [1.807, 2.05) is 0 Å². The number of nitrogens with zero attached hydrogens (tertiary/aromatic N) is 2. The largest absolute Gasteiger partial charge is 0.353 e. The predicted molar refractivity (Wildman–Crippen MR) is 79.5 cm³/mol. The highest BCUT2D eigenvalue weighted by Crippen LogP contribution is 2.39. The van der Waals surface area contributed by atoms with Gasteiger partial charge in [0.15, 0.2) is 0 Å². The summed E-state index contributed by atoms with van der Waals surface area (Å²) in [5.41, 5.74) is 1.15. The van der Waals surface area contributed by atoms with E-state index in [1.54, 1.807) is 0 Å². The summed E-state index contributed by atoms with van der Waals surface area (Å²) < 4.78 is 2.42. The highest BCUT2D eigenvalue weighted by atomic mass is 15.2. The Bertz CT molecular complexity index is 414. The third-order valence-electron chi connectivity index (χ3n) is 4.71. The lowest BCUT2D eigenvalue weighted by Crippen LogP contribution is -2.20. The van der Waals surface area contributed by atoms with Gasteiger partial charge in [-0.1, -0.05) is 32.6 Å². The minimum atomic E-state index is 0.637. The van der Waals surface area contributed by atoms with E-state index in [2.05, 4.69) is 29.9 Å². The molecular formula is C16H27N3. The van der Waals surface area contributed by atoms with E-state index in [-0.39, 0.29) is 0 Å². The Morgan fingerprint density at radius 2 is 2.05 bits per heavy atom. The smallest absolute Gasteiger partial charge is 0.203 e. The van der Waals surface area contributed by atoms with Crippen LogP contribution in [0.25, 0.3) is 0 Å². The highest BCUT2D eigenvalue weighted by Gasteiger charge is 2.27. The van der Waals surface area contributed by atoms with Crippen LogP contribution < -0.4 is 5.32 Å². The minimum absolute atomic E-state index is 0.637. The third kappa shape index (κ3) is 3.13. The standard InChI is InChI=1S/C16H27N3/c1-3-15(10-13-8-9-13)19-11-12(2)17-16(19)18-14-6-4-5-7-14/h11,13-15H,3-10H2,1-2H3,(H,17,18). The molecule has 0 bridgehead atoms. The fourth-order valence-corrected chi connectivity index (χ4v) is 3.37. The maximum atomic E-state index is 4.72. The van der Waals surface area contributed by atoms with Gasteiger partial charge in [-0.15, -0.1) is 0 Å². The van der Waals surface area contributed by atoms with Gasteiger partial charge in [0.25, 0.3) is 0 Å². The molecule has 2 aliphatic carbocycles. The molecule has 106 valence electrons. The SMILES string of the molecule is CCC(CC1CC1)n1cc(C)nc1NC1CCCC1. The molecule has 1 unspecified atom stereocenters. The van der Waals surface area contributed by atoms with Gasteiger partial charge >= 0.3 is 0 Å². The van der Waals surface area contributed by atoms with Crippen LogP contribution in [0.3, 0.4) is 0 Å². The van der Waals surface area contributed by atoms with Crippen LogP contribution in [0.5, 0.6) is 0 Å². The van der Waals surface area contributed by atoms with Gasteiger partial charge in [-0.05, 0) is 38.5 Å². The Hall–Kier alpha value is -0.990. The Morgan fingerprint density at radius 3 is 2.68 bits per heavy atom. The average molecular weight is 261 g/mol. The van der Waals surface area contributed by atoms with Crippen molar-refractivity contribution in [1.29, 1.82) is 0 Å². The number of aromatic nitrogens is 2. The first-order valence-corrected chi connectivity index (χ1v) is 8.08. The van der Waals surface area contributed by atoms with Crippen molar-refractivity contribution in [2.45, 2.75) is 77.3 Å². The van der Waals surface area contributed by atoms with E-state index in [0.717, 1.165) is 17.6 Å². The number of hydrogen-bond donors (Lipinski definition) is 1. The first-order chi connectivity index (χ1) is 9.26. The van der Waals surface area contributed by atoms with E-state index in [4.69, 9.17) is 4.98 Å². The van der Waals surface area contributed by atoms with Crippen molar-refractivity contribution in [2.75, 3.05) is 5.32 Å². The molecule has 3 rings (SSSR count). The summed E-state index contributed by atoms with van der Waals surface area (Å²) in [5.74, 6) is 2.10. The third-order valence-corrected chi connectivity index (χ3v) is 4.71. The van der Waals surface area contributed by atoms with Gasteiger partial charge in [0, 0.05) is 18.3 Å². The number of hydrogen-bond acceptors (Lipinski definition) is 2. The zero-order valence-electron chi connectivity index (χ0n) is 12.4. The van der Waals surface area contributed by atoms with Crippen LogP contribution in [-0.4, -0.2) is 15.6 Å². The molecule has 2 fully saturated rings. The Balaban J connectivity index is 1.74. The predicted octanol–water partition coefficient (Wildman–Crippen LogP) is 4.30. The van der Waals surface area contributed by atoms with Crippen molar-refractivity contribution < 1.29 is 0 Å². The van der Waals surface area contributed by atoms with Crippen LogP contribution >= 0.6 is 0 Å². The van der Waals surface area contributed by atoms with E-state index in [9.17, 15) is 0 Å². The molecule has 3 heteroatoms. The van der Waals surface area contributed by atoms with E-state index in [1.165, 1.54) is 51.4 Å². The molecule has 0 spiro atoms. The summed E-state index contributed by atoms with van der Waals surface area (Å²) >= 11 is 0. The van der Waals surface area contributed by atoms with Crippen molar-refractivity contribution in [3.8, 4) is 0 Å². The molecule has 1 atom stereocenters. The molecule has 2 aliphatic rings. The van der Waals surface area contributed by atoms with Gasteiger partial charge in [-0.3, -0.25) is 0 Å². The molecule has 0 radical (unpaired) electrons. The average Bonchev–Trinajstić information content (AvgIpc) is 2.93. The number of rotatable bonds is 6. The topological polar surface area (TPSA) is 29.9 Å². The van der Waals surface area contributed by atoms with Crippen molar-refractivity contribution in [3.05, 3.63) is 11.9 Å². The Labute approximate surface area is 116 Å². The van der Waals surface area contributed by atoms with E-state index < -0.39 is 0 Å². The molecule has 1 aromatic rings. The lowest BCUT2D eigenvalue weighted by molar-refractivity contribution is 0.430. The van der Waals surface area contributed by atoms with Gasteiger partial charge in [-0.25, -0.2) is 4.98 Å². The zero-order valence-corrected chi connectivity index (χ0v) is 12.4. The maximum absolute atomic E-state index is 4.72. The fourth-order valence-electron chi connectivity index (χ4n) is 3.37. The lowest BCUT2D eigenvalue weighted by atomic mass is 10.1. The summed E-state index contributed by atoms with van der Waals surface area (Å²) in [6.07, 6.45) is 13.0. The Morgan fingerprint density at radius 1 is 1.32 bits per heavy atom. The summed E-state index contributed by atoms with van der Waals surface area (Å²) in [6.45, 7) is 4.42. The molecule has 1 aromatic heterocycles. The number of imidazole rings is 1. The van der Waals surface area contributed by atoms with Crippen LogP contribution in [-0.2, 0) is 0 Å². The van der Waals surface area contributed by atoms with Crippen molar-refractivity contribution in [2.24, 2.45) is 5.92 Å². The van der Waals surface area contributed by atoms with Crippen LogP contribution in [0.2, 0.25) is 0 Å². The summed E-state index contributed by atoms with van der Waals surface area (Å²) in [4.78, 5) is 4.72. The van der Waals surface area contributed by atoms with Crippen LogP contribution in [0.4, 0.5) is 5.95 Å². The molecule has 19 heavy (non-hydrogen) atoms. The quantitative estimate of drug-likeness (QED) is 0.827. The van der Waals surface area contributed by atoms with E-state index in [0.29, 0.717) is 12.1 Å². The molecular weight excluding hydrogens is 234 g/mol. The minimum Gasteiger partial charge on any atom is -0.353 e. The zero-order chi connectivity index (χ0) is 13.2. The second-order valence-electron chi connectivity index (χ2n) is 6.48. The normalized spacial score (nSPS) is 21.8. The van der Waals surface area contributed by atoms with Gasteiger partial charge < -0.3 is 9.88 Å². The lowest BCUT2D eigenvalue weighted by Gasteiger charge is -2.21. The molecule has 0 amide bonds. The molecule has 2 saturated carbocycles. The summed E-state index contributed by atoms with van der Waals surface area (Å²) in [7, 11) is 0. The highest BCUT2D eigenvalue weighted by molar-refractivity contribution is 5.31. The van der Waals surface area contributed by atoms with Crippen molar-refractivity contribution in [1.82, 2.24) is 9.55 Å². The first kappa shape index (κ1) is 13.0. The monoisotopic (exact) mass is 261 g/mol. The summed E-state index contributed by atoms with van der Waals surface area (Å²) in [6, 6.07) is 1.29. The number of aryl methyl sites for hydroxylation is 1. The van der Waals surface area contributed by atoms with Gasteiger partial charge in [0.2, 0.25) is 5.95 Å². The molecule has 0 aromatic carbocycles. The molecule has 0 aliphatic heterocycles. The van der Waals surface area contributed by atoms with Gasteiger partial charge in [0.05, 0.1) is 5.69 Å². The number of anilines is 1. The van der Waals surface area contributed by atoms with Crippen molar-refractivity contribution >= 4 is 5.95 Å². The molecule has 0 saturated heterocycles.